The molecule has 45 heavy (non-hydrogen) atoms. The molecule has 0 bridgehead atoms. The molecule has 11 heteroatoms. The maximum absolute atomic E-state index is 13.6. The fraction of sp³-hybridized carbons (Fsp3) is 0.147. The summed E-state index contributed by atoms with van der Waals surface area (Å²) in [6, 6.07) is 23.9. The number of imide groups is 1. The summed E-state index contributed by atoms with van der Waals surface area (Å²) in [5.41, 5.74) is 3.70. The Morgan fingerprint density at radius 2 is 1.76 bits per heavy atom. The number of esters is 1. The molecule has 3 aromatic carbocycles. The lowest BCUT2D eigenvalue weighted by Gasteiger charge is -2.27. The van der Waals surface area contributed by atoms with Crippen molar-refractivity contribution in [1.29, 1.82) is 5.26 Å². The highest BCUT2D eigenvalue weighted by Gasteiger charge is 2.35. The fourth-order valence-corrected chi connectivity index (χ4v) is 5.17. The van der Waals surface area contributed by atoms with E-state index in [1.54, 1.807) is 54.2 Å². The van der Waals surface area contributed by atoms with Crippen molar-refractivity contribution in [3.8, 4) is 28.8 Å². The highest BCUT2D eigenvalue weighted by Crippen LogP contribution is 2.32. The Labute approximate surface area is 269 Å². The summed E-state index contributed by atoms with van der Waals surface area (Å²) in [4.78, 5) is 38.7. The van der Waals surface area contributed by atoms with Gasteiger partial charge in [0.25, 0.3) is 11.8 Å². The summed E-state index contributed by atoms with van der Waals surface area (Å²) in [5.74, 6) is -1.28. The molecule has 1 aliphatic rings. The average molecular weight is 642 g/mol. The molecule has 0 atom stereocenters. The van der Waals surface area contributed by atoms with Crippen LogP contribution in [-0.4, -0.2) is 45.6 Å². The van der Waals surface area contributed by atoms with E-state index >= 15 is 0 Å². The number of nitrogens with zero attached hydrogens (tertiary/aromatic N) is 4. The number of nitriles is 1. The first kappa shape index (κ1) is 31.3. The van der Waals surface area contributed by atoms with Crippen molar-refractivity contribution >= 4 is 47.1 Å². The van der Waals surface area contributed by atoms with Crippen molar-refractivity contribution in [1.82, 2.24) is 14.7 Å². The normalized spacial score (nSPS) is 14.1. The smallest absolute Gasteiger partial charge is 0.302 e. The molecule has 9 nitrogen and oxygen atoms in total. The van der Waals surface area contributed by atoms with Crippen LogP contribution in [0.4, 0.5) is 0 Å². The zero-order valence-corrected chi connectivity index (χ0v) is 25.8. The van der Waals surface area contributed by atoms with Crippen LogP contribution in [0.3, 0.4) is 0 Å². The number of hydrogen-bond acceptors (Lipinski definition) is 7. The Hall–Kier alpha value is -5.17. The van der Waals surface area contributed by atoms with Gasteiger partial charge in [-0.15, -0.1) is 0 Å². The van der Waals surface area contributed by atoms with Gasteiger partial charge in [0.1, 0.15) is 30.6 Å². The second-order valence-corrected chi connectivity index (χ2v) is 10.9. The molecule has 1 aromatic heterocycles. The lowest BCUT2D eigenvalue weighted by molar-refractivity contribution is -0.147. The maximum atomic E-state index is 13.6. The molecule has 2 heterocycles. The number of amides is 2. The van der Waals surface area contributed by atoms with Gasteiger partial charge >= 0.3 is 5.97 Å². The topological polar surface area (TPSA) is 115 Å². The molecule has 5 rings (SSSR count). The number of para-hydroxylation sites is 1. The summed E-state index contributed by atoms with van der Waals surface area (Å²) >= 11 is 12.3. The van der Waals surface area contributed by atoms with Crippen molar-refractivity contribution in [2.45, 2.75) is 20.5 Å². The van der Waals surface area contributed by atoms with E-state index in [1.165, 1.54) is 6.92 Å². The molecule has 0 radical (unpaired) electrons. The molecule has 4 aromatic rings. The highest BCUT2D eigenvalue weighted by atomic mass is 35.5. The maximum Gasteiger partial charge on any atom is 0.302 e. The first-order valence-electron chi connectivity index (χ1n) is 13.8. The Morgan fingerprint density at radius 1 is 1.02 bits per heavy atom. The van der Waals surface area contributed by atoms with Crippen LogP contribution >= 0.6 is 23.2 Å². The summed E-state index contributed by atoms with van der Waals surface area (Å²) in [7, 11) is 0. The molecule has 226 valence electrons. The van der Waals surface area contributed by atoms with Crippen LogP contribution < -0.4 is 4.74 Å². The van der Waals surface area contributed by atoms with Crippen molar-refractivity contribution in [2.24, 2.45) is 0 Å². The van der Waals surface area contributed by atoms with E-state index in [1.807, 2.05) is 48.5 Å². The van der Waals surface area contributed by atoms with Gasteiger partial charge in [-0.1, -0.05) is 47.5 Å². The second kappa shape index (κ2) is 13.6. The lowest BCUT2D eigenvalue weighted by Crippen LogP contribution is -2.44. The number of aromatic nitrogens is 2. The number of rotatable bonds is 9. The number of ether oxygens (including phenoxy) is 2. The van der Waals surface area contributed by atoms with Gasteiger partial charge < -0.3 is 9.47 Å². The minimum atomic E-state index is -0.736. The van der Waals surface area contributed by atoms with Gasteiger partial charge in [-0.25, -0.2) is 4.68 Å². The first-order valence-corrected chi connectivity index (χ1v) is 14.6. The molecular formula is C34H26Cl2N4O5. The van der Waals surface area contributed by atoms with Crippen LogP contribution in [0.15, 0.2) is 95.7 Å². The van der Waals surface area contributed by atoms with Gasteiger partial charge in [-0.05, 0) is 67.1 Å². The van der Waals surface area contributed by atoms with E-state index in [2.05, 4.69) is 0 Å². The van der Waals surface area contributed by atoms with Crippen LogP contribution in [0.1, 0.15) is 25.0 Å². The largest absolute Gasteiger partial charge is 0.489 e. The van der Waals surface area contributed by atoms with Crippen LogP contribution in [-0.2, 0) is 25.7 Å². The minimum absolute atomic E-state index is 0.155. The molecular weight excluding hydrogens is 615 g/mol. The average Bonchev–Trinajstić information content (AvgIpc) is 3.45. The molecule has 0 fully saturated rings. The third kappa shape index (κ3) is 6.99. The van der Waals surface area contributed by atoms with E-state index in [0.29, 0.717) is 27.1 Å². The number of halogens is 2. The van der Waals surface area contributed by atoms with Crippen LogP contribution in [0.5, 0.6) is 5.75 Å². The first-order chi connectivity index (χ1) is 21.7. The number of benzene rings is 3. The molecule has 0 saturated heterocycles. The number of carbonyl (C=O) groups is 3. The Balaban J connectivity index is 1.51. The van der Waals surface area contributed by atoms with Crippen molar-refractivity contribution in [3.63, 3.8) is 0 Å². The standard InChI is InChI=1S/C34H26Cl2N4O5/c1-21-29(33(42)39(14-15-44-22(2)41)34(43)30(21)18-37)16-25-19-40(27-6-4-3-5-7-27)38-32(25)23-9-12-28(13-10-23)45-20-24-8-11-26(35)17-31(24)36/h3-13,16-17,19H,14-15,20H2,1-2H3/b29-16+. The van der Waals surface area contributed by atoms with Crippen molar-refractivity contribution < 1.29 is 23.9 Å². The molecule has 0 saturated carbocycles. The van der Waals surface area contributed by atoms with E-state index < -0.39 is 17.8 Å². The van der Waals surface area contributed by atoms with Gasteiger partial charge in [-0.3, -0.25) is 19.3 Å². The van der Waals surface area contributed by atoms with E-state index in [9.17, 15) is 19.6 Å². The summed E-state index contributed by atoms with van der Waals surface area (Å²) in [6.45, 7) is 2.66. The van der Waals surface area contributed by atoms with E-state index in [0.717, 1.165) is 21.7 Å². The van der Waals surface area contributed by atoms with Crippen LogP contribution in [0, 0.1) is 11.3 Å². The molecule has 0 N–H and O–H groups in total. The van der Waals surface area contributed by atoms with Gasteiger partial charge in [0, 0.05) is 45.4 Å². The highest BCUT2D eigenvalue weighted by molar-refractivity contribution is 6.35. The van der Waals surface area contributed by atoms with Gasteiger partial charge in [0.05, 0.1) is 17.9 Å². The number of carbonyl (C=O) groups excluding carboxylic acids is 3. The summed E-state index contributed by atoms with van der Waals surface area (Å²) < 4.78 is 12.6. The van der Waals surface area contributed by atoms with E-state index in [-0.39, 0.29) is 36.5 Å². The lowest BCUT2D eigenvalue weighted by atomic mass is 9.93. The Bertz CT molecular complexity index is 1890. The zero-order chi connectivity index (χ0) is 32.1. The Morgan fingerprint density at radius 3 is 2.42 bits per heavy atom. The third-order valence-electron chi connectivity index (χ3n) is 7.05. The number of hydrogen-bond donors (Lipinski definition) is 0. The second-order valence-electron chi connectivity index (χ2n) is 10.0. The monoisotopic (exact) mass is 640 g/mol. The quantitative estimate of drug-likeness (QED) is 0.115. The molecule has 2 amide bonds. The minimum Gasteiger partial charge on any atom is -0.489 e. The van der Waals surface area contributed by atoms with Gasteiger partial charge in [0.2, 0.25) is 0 Å². The molecule has 1 aliphatic heterocycles. The predicted molar refractivity (Wildman–Crippen MR) is 169 cm³/mol. The van der Waals surface area contributed by atoms with Crippen LogP contribution in [0.2, 0.25) is 10.0 Å². The third-order valence-corrected chi connectivity index (χ3v) is 7.63. The summed E-state index contributed by atoms with van der Waals surface area (Å²) in [6.07, 6.45) is 3.39. The molecule has 0 spiro atoms. The zero-order valence-electron chi connectivity index (χ0n) is 24.3. The Kier molecular flexibility index (Phi) is 9.48. The van der Waals surface area contributed by atoms with Gasteiger partial charge in [-0.2, -0.15) is 10.4 Å². The van der Waals surface area contributed by atoms with E-state index in [4.69, 9.17) is 37.8 Å². The van der Waals surface area contributed by atoms with Crippen molar-refractivity contribution in [3.05, 3.63) is 117 Å². The fourth-order valence-electron chi connectivity index (χ4n) is 4.71. The predicted octanol–water partition coefficient (Wildman–Crippen LogP) is 6.58. The van der Waals surface area contributed by atoms with Crippen molar-refractivity contribution in [2.75, 3.05) is 13.2 Å². The molecule has 0 unspecified atom stereocenters. The SMILES string of the molecule is CC(=O)OCCN1C(=O)C(C#N)=C(C)/C(=C\c2cn(-c3ccccc3)nc2-c2ccc(OCc3ccc(Cl)cc3Cl)cc2)C1=O. The molecule has 0 aliphatic carbocycles. The summed E-state index contributed by atoms with van der Waals surface area (Å²) in [5, 5.41) is 15.6. The van der Waals surface area contributed by atoms with Crippen LogP contribution in [0.25, 0.3) is 23.0 Å². The van der Waals surface area contributed by atoms with Gasteiger partial charge in [0.15, 0.2) is 0 Å².